The summed E-state index contributed by atoms with van der Waals surface area (Å²) in [5, 5.41) is 0. The summed E-state index contributed by atoms with van der Waals surface area (Å²) in [4.78, 5) is 17.0. The van der Waals surface area contributed by atoms with Crippen LogP contribution in [0.2, 0.25) is 0 Å². The van der Waals surface area contributed by atoms with Crippen LogP contribution in [0.4, 0.5) is 5.69 Å². The number of hydrogen-bond acceptors (Lipinski definition) is 3. The summed E-state index contributed by atoms with van der Waals surface area (Å²) in [5.74, 6) is 2.14. The summed E-state index contributed by atoms with van der Waals surface area (Å²) < 4.78 is 5.68. The van der Waals surface area contributed by atoms with Crippen LogP contribution in [0.25, 0.3) is 0 Å². The van der Waals surface area contributed by atoms with Gasteiger partial charge in [-0.15, -0.1) is 0 Å². The maximum absolute atomic E-state index is 12.9. The van der Waals surface area contributed by atoms with Gasteiger partial charge in [-0.25, -0.2) is 0 Å². The third-order valence-corrected chi connectivity index (χ3v) is 5.02. The average Bonchev–Trinajstić information content (AvgIpc) is 3.18. The highest BCUT2D eigenvalue weighted by Gasteiger charge is 2.53. The van der Waals surface area contributed by atoms with Gasteiger partial charge < -0.3 is 9.32 Å². The lowest BCUT2D eigenvalue weighted by atomic mass is 9.81. The number of hydrogen-bond donors (Lipinski definition) is 0. The first kappa shape index (κ1) is 13.6. The van der Waals surface area contributed by atoms with Gasteiger partial charge in [-0.3, -0.25) is 9.69 Å². The van der Waals surface area contributed by atoms with E-state index in [2.05, 4.69) is 11.0 Å². The molecule has 2 aliphatic rings. The quantitative estimate of drug-likeness (QED) is 0.855. The summed E-state index contributed by atoms with van der Waals surface area (Å²) in [6, 6.07) is 12.2. The highest BCUT2D eigenvalue weighted by atomic mass is 16.3. The van der Waals surface area contributed by atoms with E-state index in [-0.39, 0.29) is 11.3 Å². The molecule has 114 valence electrons. The second kappa shape index (κ2) is 4.71. The fraction of sp³-hybridized carbons (Fsp3) is 0.389. The Bertz CT molecular complexity index is 736. The molecule has 0 unspecified atom stereocenters. The molecule has 2 aromatic rings. The van der Waals surface area contributed by atoms with Crippen LogP contribution in [0.15, 0.2) is 40.8 Å². The van der Waals surface area contributed by atoms with Gasteiger partial charge >= 0.3 is 0 Å². The number of benzene rings is 1. The lowest BCUT2D eigenvalue weighted by Gasteiger charge is -2.23. The molecule has 1 fully saturated rings. The zero-order chi connectivity index (χ0) is 15.3. The predicted octanol–water partition coefficient (Wildman–Crippen LogP) is 2.71. The zero-order valence-corrected chi connectivity index (χ0v) is 13.0. The van der Waals surface area contributed by atoms with Crippen molar-refractivity contribution in [3.63, 3.8) is 0 Å². The number of carbonyl (C=O) groups is 1. The van der Waals surface area contributed by atoms with E-state index in [9.17, 15) is 4.79 Å². The van der Waals surface area contributed by atoms with Crippen molar-refractivity contribution in [2.75, 3.05) is 25.0 Å². The minimum atomic E-state index is -0.368. The van der Waals surface area contributed by atoms with Gasteiger partial charge in [0.15, 0.2) is 0 Å². The number of amides is 1. The van der Waals surface area contributed by atoms with Crippen molar-refractivity contribution in [2.24, 2.45) is 0 Å². The van der Waals surface area contributed by atoms with Gasteiger partial charge in [0.2, 0.25) is 5.91 Å². The number of rotatable bonds is 2. The molecule has 1 atom stereocenters. The standard InChI is InChI=1S/C18H20N2O2/c1-13-7-8-14(22-13)11-20-10-9-18(12-20)15-5-3-4-6-16(15)19(2)17(18)21/h3-8H,9-12H2,1-2H3/t18-/m1/s1. The van der Waals surface area contributed by atoms with Crippen molar-refractivity contribution in [3.05, 3.63) is 53.5 Å². The maximum atomic E-state index is 12.9. The topological polar surface area (TPSA) is 36.7 Å². The van der Waals surface area contributed by atoms with Crippen LogP contribution in [0.3, 0.4) is 0 Å². The lowest BCUT2D eigenvalue weighted by molar-refractivity contribution is -0.122. The molecule has 0 aliphatic carbocycles. The molecular weight excluding hydrogens is 276 g/mol. The molecule has 4 heteroatoms. The smallest absolute Gasteiger partial charge is 0.238 e. The number of carbonyl (C=O) groups excluding carboxylic acids is 1. The normalized spacial score (nSPS) is 24.5. The second-order valence-corrected chi connectivity index (χ2v) is 6.44. The lowest BCUT2D eigenvalue weighted by Crippen LogP contribution is -2.40. The van der Waals surface area contributed by atoms with E-state index >= 15 is 0 Å². The molecule has 0 radical (unpaired) electrons. The number of likely N-dealkylation sites (tertiary alicyclic amines) is 1. The fourth-order valence-electron chi connectivity index (χ4n) is 3.93. The van der Waals surface area contributed by atoms with Crippen molar-refractivity contribution in [1.82, 2.24) is 4.90 Å². The Balaban J connectivity index is 1.62. The third-order valence-electron chi connectivity index (χ3n) is 5.02. The molecule has 4 rings (SSSR count). The Morgan fingerprint density at radius 3 is 2.82 bits per heavy atom. The number of likely N-dealkylation sites (N-methyl/N-ethyl adjacent to an activating group) is 1. The van der Waals surface area contributed by atoms with E-state index in [1.807, 2.05) is 49.2 Å². The first-order chi connectivity index (χ1) is 10.6. The van der Waals surface area contributed by atoms with Gasteiger partial charge in [0.1, 0.15) is 11.5 Å². The van der Waals surface area contributed by atoms with Crippen molar-refractivity contribution in [1.29, 1.82) is 0 Å². The second-order valence-electron chi connectivity index (χ2n) is 6.44. The molecule has 1 aromatic carbocycles. The van der Waals surface area contributed by atoms with E-state index in [1.54, 1.807) is 0 Å². The molecule has 1 saturated heterocycles. The number of furan rings is 1. The Labute approximate surface area is 130 Å². The zero-order valence-electron chi connectivity index (χ0n) is 13.0. The van der Waals surface area contributed by atoms with Crippen molar-refractivity contribution >= 4 is 11.6 Å². The van der Waals surface area contributed by atoms with Crippen LogP contribution in [-0.2, 0) is 16.8 Å². The summed E-state index contributed by atoms with van der Waals surface area (Å²) in [5.41, 5.74) is 1.87. The number of fused-ring (bicyclic) bond motifs is 2. The van der Waals surface area contributed by atoms with Crippen LogP contribution < -0.4 is 4.90 Å². The SMILES string of the molecule is Cc1ccc(CN2CC[C@]3(C2)C(=O)N(C)c2ccccc23)o1. The van der Waals surface area contributed by atoms with Gasteiger partial charge in [0, 0.05) is 25.8 Å². The van der Waals surface area contributed by atoms with Gasteiger partial charge in [-0.2, -0.15) is 0 Å². The Hall–Kier alpha value is -2.07. The van der Waals surface area contributed by atoms with Crippen LogP contribution in [0.1, 0.15) is 23.5 Å². The molecule has 1 amide bonds. The van der Waals surface area contributed by atoms with Gasteiger partial charge in [-0.05, 0) is 37.1 Å². The highest BCUT2D eigenvalue weighted by molar-refractivity contribution is 6.08. The number of nitrogens with zero attached hydrogens (tertiary/aromatic N) is 2. The molecule has 0 N–H and O–H groups in total. The first-order valence-corrected chi connectivity index (χ1v) is 7.75. The van der Waals surface area contributed by atoms with Gasteiger partial charge in [0.05, 0.1) is 12.0 Å². The Kier molecular flexibility index (Phi) is 2.91. The number of aryl methyl sites for hydroxylation is 1. The molecule has 22 heavy (non-hydrogen) atoms. The third kappa shape index (κ3) is 1.83. The number of para-hydroxylation sites is 1. The molecule has 2 aliphatic heterocycles. The first-order valence-electron chi connectivity index (χ1n) is 7.75. The summed E-state index contributed by atoms with van der Waals surface area (Å²) in [7, 11) is 1.88. The molecule has 1 aromatic heterocycles. The molecule has 1 spiro atoms. The summed E-state index contributed by atoms with van der Waals surface area (Å²) >= 11 is 0. The molecule has 4 nitrogen and oxygen atoms in total. The monoisotopic (exact) mass is 296 g/mol. The van der Waals surface area contributed by atoms with Crippen LogP contribution >= 0.6 is 0 Å². The van der Waals surface area contributed by atoms with Crippen LogP contribution in [-0.4, -0.2) is 30.9 Å². The molecule has 0 saturated carbocycles. The van der Waals surface area contributed by atoms with Gasteiger partial charge in [0.25, 0.3) is 0 Å². The largest absolute Gasteiger partial charge is 0.465 e. The van der Waals surface area contributed by atoms with Crippen LogP contribution in [0.5, 0.6) is 0 Å². The predicted molar refractivity (Wildman–Crippen MR) is 84.9 cm³/mol. The minimum Gasteiger partial charge on any atom is -0.465 e. The van der Waals surface area contributed by atoms with E-state index in [0.29, 0.717) is 0 Å². The fourth-order valence-corrected chi connectivity index (χ4v) is 3.93. The number of anilines is 1. The van der Waals surface area contributed by atoms with Crippen molar-refractivity contribution < 1.29 is 9.21 Å². The maximum Gasteiger partial charge on any atom is 0.238 e. The minimum absolute atomic E-state index is 0.229. The van der Waals surface area contributed by atoms with E-state index < -0.39 is 0 Å². The van der Waals surface area contributed by atoms with Crippen molar-refractivity contribution in [3.8, 4) is 0 Å². The molecular formula is C18H20N2O2. The highest BCUT2D eigenvalue weighted by Crippen LogP contribution is 2.46. The molecule has 0 bridgehead atoms. The summed E-state index contributed by atoms with van der Waals surface area (Å²) in [6.45, 7) is 4.43. The Morgan fingerprint density at radius 2 is 2.05 bits per heavy atom. The summed E-state index contributed by atoms with van der Waals surface area (Å²) in [6.07, 6.45) is 0.882. The Morgan fingerprint density at radius 1 is 1.23 bits per heavy atom. The molecule has 3 heterocycles. The van der Waals surface area contributed by atoms with Gasteiger partial charge in [-0.1, -0.05) is 18.2 Å². The van der Waals surface area contributed by atoms with Crippen LogP contribution in [0, 0.1) is 6.92 Å². The van der Waals surface area contributed by atoms with E-state index in [4.69, 9.17) is 4.42 Å². The average molecular weight is 296 g/mol. The van der Waals surface area contributed by atoms with Crippen molar-refractivity contribution in [2.45, 2.75) is 25.3 Å². The van der Waals surface area contributed by atoms with E-state index in [0.717, 1.165) is 43.3 Å². The van der Waals surface area contributed by atoms with E-state index in [1.165, 1.54) is 5.56 Å².